The summed E-state index contributed by atoms with van der Waals surface area (Å²) in [5.41, 5.74) is 4.01. The zero-order chi connectivity index (χ0) is 23.3. The number of quaternary nitrogens is 1. The van der Waals surface area contributed by atoms with E-state index in [-0.39, 0.29) is 13.1 Å². The molecule has 9 heteroatoms. The molecule has 2 aliphatic rings. The van der Waals surface area contributed by atoms with E-state index in [1.807, 2.05) is 0 Å². The van der Waals surface area contributed by atoms with Crippen molar-refractivity contribution in [2.24, 2.45) is 0 Å². The van der Waals surface area contributed by atoms with Gasteiger partial charge in [0.2, 0.25) is 0 Å². The Hall–Kier alpha value is 0.859. The summed E-state index contributed by atoms with van der Waals surface area (Å²) >= 11 is 0.00694. The second kappa shape index (κ2) is 22.3. The van der Waals surface area contributed by atoms with Crippen molar-refractivity contribution in [2.45, 2.75) is 102 Å². The Morgan fingerprint density at radius 2 is 1.31 bits per heavy atom. The predicted molar refractivity (Wildman–Crippen MR) is 136 cm³/mol. The molecule has 1 heterocycles. The molecule has 6 nitrogen and oxygen atoms in total. The van der Waals surface area contributed by atoms with Gasteiger partial charge in [-0.3, -0.25) is 0 Å². The molecular formula is C23H51Cl2MnN6+. The van der Waals surface area contributed by atoms with Gasteiger partial charge in [0.1, 0.15) is 0 Å². The van der Waals surface area contributed by atoms with Crippen molar-refractivity contribution in [1.29, 1.82) is 0 Å². The van der Waals surface area contributed by atoms with Gasteiger partial charge in [0.15, 0.2) is 0 Å². The fourth-order valence-electron chi connectivity index (χ4n) is 4.82. The molecule has 32 heavy (non-hydrogen) atoms. The van der Waals surface area contributed by atoms with Gasteiger partial charge in [0, 0.05) is 63.4 Å². The molecule has 8 N–H and O–H groups in total. The van der Waals surface area contributed by atoms with E-state index >= 15 is 0 Å². The molecule has 4 atom stereocenters. The van der Waals surface area contributed by atoms with Crippen LogP contribution in [0, 0.1) is 0 Å². The topological polar surface area (TPSA) is 87.8 Å². The summed E-state index contributed by atoms with van der Waals surface area (Å²) in [7, 11) is 9.59. The molecule has 0 bridgehead atoms. The van der Waals surface area contributed by atoms with Crippen LogP contribution >= 0.6 is 20.2 Å². The summed E-state index contributed by atoms with van der Waals surface area (Å²) in [5, 5.41) is 19.1. The Morgan fingerprint density at radius 3 is 1.97 bits per heavy atom. The van der Waals surface area contributed by atoms with Crippen LogP contribution in [0.3, 0.4) is 0 Å². The number of hydrogen-bond donors (Lipinski definition) is 6. The number of rotatable bonds is 8. The van der Waals surface area contributed by atoms with E-state index < -0.39 is 0 Å². The Morgan fingerprint density at radius 1 is 0.750 bits per heavy atom. The van der Waals surface area contributed by atoms with Crippen LogP contribution in [0.1, 0.15) is 77.6 Å². The number of nitrogens with one attached hydrogen (secondary N) is 5. The normalized spacial score (nSPS) is 28.5. The summed E-state index contributed by atoms with van der Waals surface area (Å²) in [6.07, 6.45) is 14.5. The maximum absolute atomic E-state index is 4.80. The maximum atomic E-state index is 4.80. The van der Waals surface area contributed by atoms with Crippen LogP contribution in [0.15, 0.2) is 0 Å². The zero-order valence-electron chi connectivity index (χ0n) is 20.4. The molecule has 1 saturated heterocycles. The van der Waals surface area contributed by atoms with E-state index in [9.17, 15) is 0 Å². The summed E-state index contributed by atoms with van der Waals surface area (Å²) in [6, 6.07) is 2.43. The van der Waals surface area contributed by atoms with Gasteiger partial charge in [-0.1, -0.05) is 39.0 Å². The third-order valence-corrected chi connectivity index (χ3v) is 6.70. The molecule has 0 radical (unpaired) electrons. The molecule has 0 aromatic carbocycles. The Bertz CT molecular complexity index is 411. The van der Waals surface area contributed by atoms with Crippen molar-refractivity contribution in [3.05, 3.63) is 0 Å². The van der Waals surface area contributed by atoms with Gasteiger partial charge in [0.25, 0.3) is 0 Å². The Kier molecular flexibility index (Phi) is 21.6. The van der Waals surface area contributed by atoms with Crippen molar-refractivity contribution in [3.63, 3.8) is 0 Å². The SMILES string of the molecule is CCCCC[C@H]1CNC2CCCCC2NCCNCCN[C@@H](CCCC[NH3+])CN1.[Cl][Mn][Cl]. The van der Waals surface area contributed by atoms with E-state index in [1.165, 1.54) is 70.6 Å². The second-order valence-corrected chi connectivity index (χ2v) is 11.2. The molecule has 2 unspecified atom stereocenters. The number of fused-ring (bicyclic) bond motifs is 1. The quantitative estimate of drug-likeness (QED) is 0.212. The molecule has 193 valence electrons. The van der Waals surface area contributed by atoms with Crippen molar-refractivity contribution in [1.82, 2.24) is 26.6 Å². The van der Waals surface area contributed by atoms with Gasteiger partial charge >= 0.3 is 33.3 Å². The fourth-order valence-corrected chi connectivity index (χ4v) is 4.82. The van der Waals surface area contributed by atoms with Crippen LogP contribution < -0.4 is 32.3 Å². The molecule has 0 aromatic heterocycles. The monoisotopic (exact) mass is 536 g/mol. The summed E-state index contributed by atoms with van der Waals surface area (Å²) in [6.45, 7) is 9.81. The molecular weight excluding hydrogens is 486 g/mol. The van der Waals surface area contributed by atoms with Gasteiger partial charge in [-0.25, -0.2) is 0 Å². The number of hydrogen-bond acceptors (Lipinski definition) is 5. The van der Waals surface area contributed by atoms with Crippen molar-refractivity contribution < 1.29 is 18.9 Å². The minimum absolute atomic E-state index is 0.00694. The number of unbranched alkanes of at least 4 members (excludes halogenated alkanes) is 3. The zero-order valence-corrected chi connectivity index (χ0v) is 23.1. The van der Waals surface area contributed by atoms with E-state index in [0.29, 0.717) is 24.2 Å². The Labute approximate surface area is 212 Å². The van der Waals surface area contributed by atoms with Crippen LogP contribution in [0.2, 0.25) is 0 Å². The minimum atomic E-state index is 0.00694. The van der Waals surface area contributed by atoms with Crippen LogP contribution in [-0.4, -0.2) is 70.0 Å². The van der Waals surface area contributed by atoms with Crippen LogP contribution in [0.5, 0.6) is 0 Å². The molecule has 1 saturated carbocycles. The van der Waals surface area contributed by atoms with Gasteiger partial charge < -0.3 is 32.3 Å². The van der Waals surface area contributed by atoms with Crippen LogP contribution in [-0.2, 0) is 13.1 Å². The molecule has 0 amide bonds. The molecule has 2 rings (SSSR count). The van der Waals surface area contributed by atoms with Crippen molar-refractivity contribution in [2.75, 3.05) is 45.8 Å². The van der Waals surface area contributed by atoms with Gasteiger partial charge in [-0.2, -0.15) is 0 Å². The molecule has 0 aromatic rings. The van der Waals surface area contributed by atoms with Gasteiger partial charge in [-0.15, -0.1) is 0 Å². The predicted octanol–water partition coefficient (Wildman–Crippen LogP) is 2.37. The number of halogens is 2. The van der Waals surface area contributed by atoms with Crippen molar-refractivity contribution in [3.8, 4) is 0 Å². The average molecular weight is 538 g/mol. The van der Waals surface area contributed by atoms with Crippen molar-refractivity contribution >= 4 is 20.2 Å². The Balaban J connectivity index is 0.00000161. The van der Waals surface area contributed by atoms with Crippen LogP contribution in [0.25, 0.3) is 0 Å². The first-order valence-corrected chi connectivity index (χ1v) is 16.3. The van der Waals surface area contributed by atoms with Gasteiger partial charge in [-0.05, 0) is 38.5 Å². The van der Waals surface area contributed by atoms with E-state index in [2.05, 4.69) is 39.2 Å². The summed E-state index contributed by atoms with van der Waals surface area (Å²) in [4.78, 5) is 0. The third kappa shape index (κ3) is 15.7. The van der Waals surface area contributed by atoms with E-state index in [0.717, 1.165) is 45.8 Å². The standard InChI is InChI=1S/C23H50N6.2ClH.Mn/c1-2-3-4-9-21-19-29-23-12-6-5-11-22(23)27-17-15-25-14-16-26-20(18-28-21)10-7-8-13-24;;;/h20-23,25-29H,2-19,24H2,1H3;2*1H;/q;;;+2/p-1/t20-,21-,22?,23?;;;/m0.../s1. The molecule has 1 aliphatic heterocycles. The molecule has 2 fully saturated rings. The average Bonchev–Trinajstić information content (AvgIpc) is 2.80. The first-order valence-electron chi connectivity index (χ1n) is 13.1. The van der Waals surface area contributed by atoms with Gasteiger partial charge in [0.05, 0.1) is 6.54 Å². The first-order chi connectivity index (χ1) is 15.7. The second-order valence-electron chi connectivity index (χ2n) is 9.27. The first kappa shape index (κ1) is 30.9. The van der Waals surface area contributed by atoms with Crippen LogP contribution in [0.4, 0.5) is 0 Å². The fraction of sp³-hybridized carbons (Fsp3) is 1.00. The third-order valence-electron chi connectivity index (χ3n) is 6.70. The van der Waals surface area contributed by atoms with E-state index in [1.54, 1.807) is 0 Å². The van der Waals surface area contributed by atoms with E-state index in [4.69, 9.17) is 20.2 Å². The molecule has 0 spiro atoms. The molecule has 1 aliphatic carbocycles. The summed E-state index contributed by atoms with van der Waals surface area (Å²) in [5.74, 6) is 0. The summed E-state index contributed by atoms with van der Waals surface area (Å²) < 4.78 is 0.